The minimum Gasteiger partial charge on any atom is -0.478 e. The van der Waals surface area contributed by atoms with Crippen molar-refractivity contribution in [2.24, 2.45) is 0 Å². The van der Waals surface area contributed by atoms with Gasteiger partial charge < -0.3 is 5.11 Å². The molecule has 0 unspecified atom stereocenters. The van der Waals surface area contributed by atoms with Crippen LogP contribution in [-0.2, 0) is 4.79 Å². The molecule has 0 aliphatic heterocycles. The van der Waals surface area contributed by atoms with Crippen LogP contribution in [0.4, 0.5) is 0 Å². The highest BCUT2D eigenvalue weighted by Gasteiger charge is 1.90. The number of carbonyl (C=O) groups is 1. The van der Waals surface area contributed by atoms with Gasteiger partial charge in [0, 0.05) is 11.1 Å². The molecule has 0 saturated carbocycles. The Morgan fingerprint density at radius 2 is 2.33 bits per heavy atom. The number of halogens is 1. The van der Waals surface area contributed by atoms with Gasteiger partial charge in [-0.25, -0.2) is 4.79 Å². The second-order valence-corrected chi connectivity index (χ2v) is 2.59. The average Bonchev–Trinajstić information content (AvgIpc) is 2.01. The number of hydrogen-bond donors (Lipinski definition) is 1. The van der Waals surface area contributed by atoms with Gasteiger partial charge in [0.1, 0.15) is 0 Å². The van der Waals surface area contributed by atoms with Crippen molar-refractivity contribution >= 4 is 23.6 Å². The SMILES string of the molecule is O=C(O)C=Cc1c[c]cc(Cl)c1. The molecule has 2 nitrogen and oxygen atoms in total. The van der Waals surface area contributed by atoms with E-state index in [1.807, 2.05) is 0 Å². The Bertz CT molecular complexity index is 318. The lowest BCUT2D eigenvalue weighted by molar-refractivity contribution is -0.131. The molecular formula is C9H6ClO2. The van der Waals surface area contributed by atoms with Gasteiger partial charge in [0.2, 0.25) is 0 Å². The number of benzene rings is 1. The van der Waals surface area contributed by atoms with Gasteiger partial charge >= 0.3 is 5.97 Å². The number of aliphatic carboxylic acids is 1. The van der Waals surface area contributed by atoms with Crippen LogP contribution in [0, 0.1) is 6.07 Å². The van der Waals surface area contributed by atoms with Gasteiger partial charge in [-0.3, -0.25) is 0 Å². The number of rotatable bonds is 2. The Kier molecular flexibility index (Phi) is 2.88. The van der Waals surface area contributed by atoms with Gasteiger partial charge in [-0.2, -0.15) is 0 Å². The van der Waals surface area contributed by atoms with Crippen LogP contribution < -0.4 is 0 Å². The third kappa shape index (κ3) is 2.76. The quantitative estimate of drug-likeness (QED) is 0.711. The normalized spacial score (nSPS) is 10.4. The fourth-order valence-corrected chi connectivity index (χ4v) is 0.913. The lowest BCUT2D eigenvalue weighted by Crippen LogP contribution is -1.85. The summed E-state index contributed by atoms with van der Waals surface area (Å²) in [6.07, 6.45) is 2.52. The third-order valence-corrected chi connectivity index (χ3v) is 1.41. The van der Waals surface area contributed by atoms with E-state index < -0.39 is 5.97 Å². The molecule has 61 valence electrons. The predicted octanol–water partition coefficient (Wildman–Crippen LogP) is 2.24. The molecule has 0 atom stereocenters. The molecule has 0 aromatic heterocycles. The average molecular weight is 182 g/mol. The lowest BCUT2D eigenvalue weighted by Gasteiger charge is -1.91. The first-order valence-electron chi connectivity index (χ1n) is 3.26. The van der Waals surface area contributed by atoms with Crippen molar-refractivity contribution in [3.05, 3.63) is 40.9 Å². The smallest absolute Gasteiger partial charge is 0.328 e. The van der Waals surface area contributed by atoms with Crippen molar-refractivity contribution in [1.29, 1.82) is 0 Å². The Hall–Kier alpha value is -1.28. The van der Waals surface area contributed by atoms with Crippen molar-refractivity contribution in [3.63, 3.8) is 0 Å². The lowest BCUT2D eigenvalue weighted by atomic mass is 10.2. The molecule has 1 N–H and O–H groups in total. The molecule has 0 aliphatic rings. The van der Waals surface area contributed by atoms with Gasteiger partial charge in [0.25, 0.3) is 0 Å². The first kappa shape index (κ1) is 8.81. The summed E-state index contributed by atoms with van der Waals surface area (Å²) in [5.41, 5.74) is 0.727. The van der Waals surface area contributed by atoms with Crippen LogP contribution in [0.25, 0.3) is 6.08 Å². The predicted molar refractivity (Wildman–Crippen MR) is 47.0 cm³/mol. The molecule has 0 fully saturated rings. The van der Waals surface area contributed by atoms with Crippen molar-refractivity contribution in [3.8, 4) is 0 Å². The molecule has 1 rings (SSSR count). The Morgan fingerprint density at radius 3 is 2.92 bits per heavy atom. The van der Waals surface area contributed by atoms with Crippen LogP contribution in [-0.4, -0.2) is 11.1 Å². The zero-order valence-corrected chi connectivity index (χ0v) is 6.88. The molecule has 1 radical (unpaired) electrons. The van der Waals surface area contributed by atoms with Gasteiger partial charge in [-0.15, -0.1) is 0 Å². The highest BCUT2D eigenvalue weighted by molar-refractivity contribution is 6.30. The Morgan fingerprint density at radius 1 is 1.58 bits per heavy atom. The summed E-state index contributed by atoms with van der Waals surface area (Å²) in [5, 5.41) is 8.86. The summed E-state index contributed by atoms with van der Waals surface area (Å²) in [7, 11) is 0. The molecule has 3 heteroatoms. The zero-order valence-electron chi connectivity index (χ0n) is 6.12. The maximum Gasteiger partial charge on any atom is 0.328 e. The van der Waals surface area contributed by atoms with E-state index >= 15 is 0 Å². The molecule has 0 bridgehead atoms. The highest BCUT2D eigenvalue weighted by Crippen LogP contribution is 2.10. The largest absolute Gasteiger partial charge is 0.478 e. The van der Waals surface area contributed by atoms with Gasteiger partial charge in [0.15, 0.2) is 0 Å². The monoisotopic (exact) mass is 181 g/mol. The zero-order chi connectivity index (χ0) is 8.97. The van der Waals surface area contributed by atoms with E-state index in [-0.39, 0.29) is 0 Å². The van der Waals surface area contributed by atoms with Gasteiger partial charge in [-0.1, -0.05) is 11.6 Å². The van der Waals surface area contributed by atoms with Gasteiger partial charge in [-0.05, 0) is 35.9 Å². The summed E-state index contributed by atoms with van der Waals surface area (Å²) in [4.78, 5) is 10.1. The standard InChI is InChI=1S/C9H6ClO2/c10-8-3-1-2-7(6-8)4-5-9(11)12/h2-6H,(H,11,12). The summed E-state index contributed by atoms with van der Waals surface area (Å²) >= 11 is 5.65. The van der Waals surface area contributed by atoms with Gasteiger partial charge in [0.05, 0.1) is 0 Å². The van der Waals surface area contributed by atoms with E-state index in [9.17, 15) is 4.79 Å². The van der Waals surface area contributed by atoms with Crippen LogP contribution >= 0.6 is 11.6 Å². The Balaban J connectivity index is 2.83. The topological polar surface area (TPSA) is 37.3 Å². The van der Waals surface area contributed by atoms with Crippen LogP contribution in [0.3, 0.4) is 0 Å². The van der Waals surface area contributed by atoms with E-state index in [4.69, 9.17) is 16.7 Å². The van der Waals surface area contributed by atoms with Crippen molar-refractivity contribution in [1.82, 2.24) is 0 Å². The van der Waals surface area contributed by atoms with E-state index in [1.54, 1.807) is 18.2 Å². The fraction of sp³-hybridized carbons (Fsp3) is 0. The molecule has 1 aromatic carbocycles. The maximum absolute atomic E-state index is 10.1. The summed E-state index contributed by atoms with van der Waals surface area (Å²) in [6, 6.07) is 7.71. The second kappa shape index (κ2) is 3.93. The fourth-order valence-electron chi connectivity index (χ4n) is 0.724. The first-order valence-corrected chi connectivity index (χ1v) is 3.64. The minimum atomic E-state index is -0.977. The van der Waals surface area contributed by atoms with E-state index in [1.165, 1.54) is 6.08 Å². The maximum atomic E-state index is 10.1. The second-order valence-electron chi connectivity index (χ2n) is 2.16. The molecule has 1 aromatic rings. The molecule has 0 heterocycles. The minimum absolute atomic E-state index is 0.544. The van der Waals surface area contributed by atoms with Crippen molar-refractivity contribution in [2.75, 3.05) is 0 Å². The van der Waals surface area contributed by atoms with Crippen molar-refractivity contribution < 1.29 is 9.90 Å². The molecule has 0 amide bonds. The Labute approximate surface area is 75.1 Å². The van der Waals surface area contributed by atoms with E-state index in [0.717, 1.165) is 11.6 Å². The van der Waals surface area contributed by atoms with Crippen LogP contribution in [0.15, 0.2) is 24.3 Å². The molecule has 0 spiro atoms. The molecule has 0 saturated heterocycles. The number of hydrogen-bond acceptors (Lipinski definition) is 1. The third-order valence-electron chi connectivity index (χ3n) is 1.19. The van der Waals surface area contributed by atoms with Crippen LogP contribution in [0.1, 0.15) is 5.56 Å². The van der Waals surface area contributed by atoms with E-state index in [2.05, 4.69) is 6.07 Å². The summed E-state index contributed by atoms with van der Waals surface area (Å²) < 4.78 is 0. The van der Waals surface area contributed by atoms with E-state index in [0.29, 0.717) is 5.02 Å². The molecule has 0 aliphatic carbocycles. The van der Waals surface area contributed by atoms with Crippen molar-refractivity contribution in [2.45, 2.75) is 0 Å². The first-order chi connectivity index (χ1) is 5.68. The van der Waals surface area contributed by atoms with Crippen LogP contribution in [0.2, 0.25) is 5.02 Å². The number of carboxylic acids is 1. The van der Waals surface area contributed by atoms with Crippen LogP contribution in [0.5, 0.6) is 0 Å². The molecule has 12 heavy (non-hydrogen) atoms. The number of carboxylic acid groups (broad SMARTS) is 1. The highest BCUT2D eigenvalue weighted by atomic mass is 35.5. The summed E-state index contributed by atoms with van der Waals surface area (Å²) in [5.74, 6) is -0.977. The molecular weight excluding hydrogens is 176 g/mol. The summed E-state index contributed by atoms with van der Waals surface area (Å²) in [6.45, 7) is 0.